The summed E-state index contributed by atoms with van der Waals surface area (Å²) in [5.41, 5.74) is 7.61. The molecule has 0 heterocycles. The Kier molecular flexibility index (Phi) is 5.09. The van der Waals surface area contributed by atoms with Crippen LogP contribution in [-0.4, -0.2) is 20.8 Å². The van der Waals surface area contributed by atoms with Crippen LogP contribution in [0.3, 0.4) is 0 Å². The maximum absolute atomic E-state index is 6.40. The van der Waals surface area contributed by atoms with Gasteiger partial charge in [0.25, 0.3) is 0 Å². The van der Waals surface area contributed by atoms with Crippen molar-refractivity contribution >= 4 is 11.6 Å². The lowest BCUT2D eigenvalue weighted by molar-refractivity contribution is 0.351. The highest BCUT2D eigenvalue weighted by molar-refractivity contribution is 6.32. The van der Waals surface area contributed by atoms with Gasteiger partial charge in [0.1, 0.15) is 0 Å². The quantitative estimate of drug-likeness (QED) is 0.882. The highest BCUT2D eigenvalue weighted by atomic mass is 35.5. The van der Waals surface area contributed by atoms with Crippen molar-refractivity contribution in [1.29, 1.82) is 0 Å². The smallest absolute Gasteiger partial charge is 0.165 e. The van der Waals surface area contributed by atoms with Crippen molar-refractivity contribution in [1.82, 2.24) is 0 Å². The summed E-state index contributed by atoms with van der Waals surface area (Å²) in [7, 11) is 3.24. The minimum Gasteiger partial charge on any atom is -0.493 e. The Bertz CT molecular complexity index is 391. The van der Waals surface area contributed by atoms with Crippen molar-refractivity contribution in [2.45, 2.75) is 26.2 Å². The summed E-state index contributed by atoms with van der Waals surface area (Å²) in [6.45, 7) is 4.72. The highest BCUT2D eigenvalue weighted by Gasteiger charge is 2.19. The lowest BCUT2D eigenvalue weighted by Gasteiger charge is -2.19. The monoisotopic (exact) mass is 257 g/mol. The fourth-order valence-electron chi connectivity index (χ4n) is 1.86. The number of methoxy groups -OCH3 is 2. The Morgan fingerprint density at radius 1 is 1.29 bits per heavy atom. The molecule has 0 saturated carbocycles. The number of ether oxygens (including phenoxy) is 2. The zero-order valence-electron chi connectivity index (χ0n) is 10.8. The van der Waals surface area contributed by atoms with E-state index in [2.05, 4.69) is 13.8 Å². The molecule has 0 spiro atoms. The molecule has 4 heteroatoms. The second-order valence-electron chi connectivity index (χ2n) is 4.19. The van der Waals surface area contributed by atoms with Crippen LogP contribution < -0.4 is 15.2 Å². The van der Waals surface area contributed by atoms with Gasteiger partial charge in [-0.25, -0.2) is 0 Å². The Balaban J connectivity index is 3.45. The van der Waals surface area contributed by atoms with Crippen molar-refractivity contribution in [2.75, 3.05) is 20.8 Å². The molecule has 0 unspecified atom stereocenters. The summed E-state index contributed by atoms with van der Waals surface area (Å²) in [5.74, 6) is 1.73. The molecule has 0 atom stereocenters. The van der Waals surface area contributed by atoms with Crippen LogP contribution in [0.15, 0.2) is 6.07 Å². The molecule has 0 aliphatic rings. The van der Waals surface area contributed by atoms with E-state index in [1.165, 1.54) is 0 Å². The van der Waals surface area contributed by atoms with Crippen LogP contribution in [0, 0.1) is 0 Å². The summed E-state index contributed by atoms with van der Waals surface area (Å²) in [4.78, 5) is 0. The van der Waals surface area contributed by atoms with E-state index in [1.807, 2.05) is 6.07 Å². The van der Waals surface area contributed by atoms with E-state index in [9.17, 15) is 0 Å². The standard InChI is InChI=1S/C13H20ClNO2/c1-8(2)10-7-11(16-3)13(17-4)9(5-6-15)12(10)14/h7-8H,5-6,15H2,1-4H3. The van der Waals surface area contributed by atoms with Gasteiger partial charge in [0.05, 0.1) is 19.2 Å². The fraction of sp³-hybridized carbons (Fsp3) is 0.538. The van der Waals surface area contributed by atoms with Gasteiger partial charge in [0, 0.05) is 5.56 Å². The first kappa shape index (κ1) is 14.1. The summed E-state index contributed by atoms with van der Waals surface area (Å²) in [6.07, 6.45) is 0.679. The molecular weight excluding hydrogens is 238 g/mol. The molecule has 1 aromatic rings. The first-order valence-corrected chi connectivity index (χ1v) is 6.07. The fourth-order valence-corrected chi connectivity index (χ4v) is 2.31. The molecule has 1 rings (SSSR count). The molecule has 0 fully saturated rings. The molecule has 0 aromatic heterocycles. The summed E-state index contributed by atoms with van der Waals surface area (Å²) >= 11 is 6.40. The highest BCUT2D eigenvalue weighted by Crippen LogP contribution is 2.41. The molecule has 2 N–H and O–H groups in total. The van der Waals surface area contributed by atoms with E-state index in [4.69, 9.17) is 26.8 Å². The number of rotatable bonds is 5. The topological polar surface area (TPSA) is 44.5 Å². The van der Waals surface area contributed by atoms with Gasteiger partial charge in [-0.3, -0.25) is 0 Å². The molecule has 96 valence electrons. The van der Waals surface area contributed by atoms with Crippen molar-refractivity contribution in [3.63, 3.8) is 0 Å². The molecule has 0 aliphatic heterocycles. The van der Waals surface area contributed by atoms with E-state index >= 15 is 0 Å². The molecule has 1 aromatic carbocycles. The van der Waals surface area contributed by atoms with Gasteiger partial charge in [-0.2, -0.15) is 0 Å². The third-order valence-corrected chi connectivity index (χ3v) is 3.19. The number of hydrogen-bond acceptors (Lipinski definition) is 3. The normalized spacial score (nSPS) is 10.8. The van der Waals surface area contributed by atoms with Crippen LogP contribution in [0.5, 0.6) is 11.5 Å². The number of nitrogens with two attached hydrogens (primary N) is 1. The maximum Gasteiger partial charge on any atom is 0.165 e. The Hall–Kier alpha value is -0.930. The van der Waals surface area contributed by atoms with Gasteiger partial charge in [0.2, 0.25) is 0 Å². The van der Waals surface area contributed by atoms with Crippen molar-refractivity contribution in [3.8, 4) is 11.5 Å². The first-order valence-electron chi connectivity index (χ1n) is 5.70. The second kappa shape index (κ2) is 6.12. The lowest BCUT2D eigenvalue weighted by atomic mass is 9.97. The van der Waals surface area contributed by atoms with Gasteiger partial charge >= 0.3 is 0 Å². The SMILES string of the molecule is COc1cc(C(C)C)c(Cl)c(CCN)c1OC. The van der Waals surface area contributed by atoms with Crippen LogP contribution in [-0.2, 0) is 6.42 Å². The van der Waals surface area contributed by atoms with Crippen LogP contribution >= 0.6 is 11.6 Å². The Morgan fingerprint density at radius 3 is 2.35 bits per heavy atom. The molecule has 17 heavy (non-hydrogen) atoms. The predicted octanol–water partition coefficient (Wildman–Crippen LogP) is 2.98. The van der Waals surface area contributed by atoms with Gasteiger partial charge in [-0.15, -0.1) is 0 Å². The van der Waals surface area contributed by atoms with E-state index in [1.54, 1.807) is 14.2 Å². The second-order valence-corrected chi connectivity index (χ2v) is 4.57. The van der Waals surface area contributed by atoms with Crippen molar-refractivity contribution in [3.05, 3.63) is 22.2 Å². The zero-order valence-corrected chi connectivity index (χ0v) is 11.6. The van der Waals surface area contributed by atoms with Crippen molar-refractivity contribution in [2.24, 2.45) is 5.73 Å². The van der Waals surface area contributed by atoms with E-state index in [-0.39, 0.29) is 0 Å². The van der Waals surface area contributed by atoms with Gasteiger partial charge in [0.15, 0.2) is 11.5 Å². The third-order valence-electron chi connectivity index (χ3n) is 2.74. The molecular formula is C13H20ClNO2. The average Bonchev–Trinajstić information content (AvgIpc) is 2.31. The lowest BCUT2D eigenvalue weighted by Crippen LogP contribution is -2.07. The Labute approximate surface area is 108 Å². The predicted molar refractivity (Wildman–Crippen MR) is 71.4 cm³/mol. The molecule has 0 amide bonds. The van der Waals surface area contributed by atoms with E-state index in [0.717, 1.165) is 16.1 Å². The number of benzene rings is 1. The molecule has 0 aliphatic carbocycles. The average molecular weight is 258 g/mol. The van der Waals surface area contributed by atoms with Gasteiger partial charge in [-0.05, 0) is 30.5 Å². The molecule has 0 radical (unpaired) electrons. The summed E-state index contributed by atoms with van der Waals surface area (Å²) in [6, 6.07) is 1.94. The maximum atomic E-state index is 6.40. The molecule has 3 nitrogen and oxygen atoms in total. The van der Waals surface area contributed by atoms with E-state index < -0.39 is 0 Å². The first-order chi connectivity index (χ1) is 8.06. The number of hydrogen-bond donors (Lipinski definition) is 1. The summed E-state index contributed by atoms with van der Waals surface area (Å²) < 4.78 is 10.7. The largest absolute Gasteiger partial charge is 0.493 e. The van der Waals surface area contributed by atoms with Crippen LogP contribution in [0.2, 0.25) is 5.02 Å². The van der Waals surface area contributed by atoms with Crippen LogP contribution in [0.4, 0.5) is 0 Å². The molecule has 0 saturated heterocycles. The van der Waals surface area contributed by atoms with Crippen molar-refractivity contribution < 1.29 is 9.47 Å². The van der Waals surface area contributed by atoms with E-state index in [0.29, 0.717) is 30.4 Å². The minimum atomic E-state index is 0.332. The minimum absolute atomic E-state index is 0.332. The zero-order chi connectivity index (χ0) is 13.0. The molecule has 0 bridgehead atoms. The van der Waals surface area contributed by atoms with Gasteiger partial charge in [-0.1, -0.05) is 25.4 Å². The summed E-state index contributed by atoms with van der Waals surface area (Å²) in [5, 5.41) is 0.739. The number of halogens is 1. The van der Waals surface area contributed by atoms with Gasteiger partial charge < -0.3 is 15.2 Å². The van der Waals surface area contributed by atoms with Crippen LogP contribution in [0.1, 0.15) is 30.9 Å². The third kappa shape index (κ3) is 2.85. The Morgan fingerprint density at radius 2 is 1.94 bits per heavy atom. The van der Waals surface area contributed by atoms with Crippen LogP contribution in [0.25, 0.3) is 0 Å².